The van der Waals surface area contributed by atoms with E-state index in [4.69, 9.17) is 23.2 Å². The highest BCUT2D eigenvalue weighted by Gasteiger charge is 2.22. The predicted octanol–water partition coefficient (Wildman–Crippen LogP) is 4.36. The van der Waals surface area contributed by atoms with E-state index in [1.807, 2.05) is 18.2 Å². The fourth-order valence-corrected chi connectivity index (χ4v) is 3.17. The van der Waals surface area contributed by atoms with Crippen molar-refractivity contribution in [2.75, 3.05) is 0 Å². The number of para-hydroxylation sites is 1. The number of nitrogens with one attached hydrogen (secondary N) is 1. The molecule has 0 bridgehead atoms. The van der Waals surface area contributed by atoms with Gasteiger partial charge in [-0.2, -0.15) is 0 Å². The Morgan fingerprint density at radius 2 is 1.67 bits per heavy atom. The van der Waals surface area contributed by atoms with Crippen molar-refractivity contribution in [3.63, 3.8) is 0 Å². The molecule has 1 N–H and O–H groups in total. The van der Waals surface area contributed by atoms with Crippen molar-refractivity contribution >= 4 is 28.9 Å². The number of hydrogen-bond acceptors (Lipinski definition) is 3. The zero-order chi connectivity index (χ0) is 17.4. The van der Waals surface area contributed by atoms with Crippen LogP contribution in [0.3, 0.4) is 0 Å². The lowest BCUT2D eigenvalue weighted by molar-refractivity contribution is -0.384. The average molecular weight is 364 g/mol. The molecule has 0 atom stereocenters. The molecule has 0 radical (unpaired) electrons. The minimum atomic E-state index is -0.590. The Labute approximate surface area is 146 Å². The van der Waals surface area contributed by atoms with Crippen LogP contribution < -0.4 is 5.56 Å². The van der Waals surface area contributed by atoms with Crippen LogP contribution in [0.4, 0.5) is 5.69 Å². The molecule has 3 rings (SSSR count). The minimum absolute atomic E-state index is 0.0496. The van der Waals surface area contributed by atoms with Crippen LogP contribution >= 0.6 is 23.2 Å². The van der Waals surface area contributed by atoms with Crippen molar-refractivity contribution in [3.05, 3.63) is 78.7 Å². The number of rotatable bonds is 3. The zero-order valence-corrected chi connectivity index (χ0v) is 13.9. The normalized spacial score (nSPS) is 10.8. The van der Waals surface area contributed by atoms with E-state index >= 15 is 0 Å². The Balaban J connectivity index is 2.24. The molecule has 24 heavy (non-hydrogen) atoms. The predicted molar refractivity (Wildman–Crippen MR) is 93.2 cm³/mol. The van der Waals surface area contributed by atoms with E-state index in [9.17, 15) is 14.9 Å². The van der Waals surface area contributed by atoms with E-state index in [0.29, 0.717) is 11.4 Å². The highest BCUT2D eigenvalue weighted by atomic mass is 35.5. The van der Waals surface area contributed by atoms with Gasteiger partial charge in [0, 0.05) is 23.4 Å². The van der Waals surface area contributed by atoms with Crippen LogP contribution in [0.15, 0.2) is 47.3 Å². The number of halogens is 2. The largest absolute Gasteiger partial charge is 0.295 e. The Hall–Kier alpha value is -2.57. The summed E-state index contributed by atoms with van der Waals surface area (Å²) in [5, 5.41) is 14.0. The molecule has 0 spiro atoms. The van der Waals surface area contributed by atoms with Gasteiger partial charge in [0.15, 0.2) is 0 Å². The maximum Gasteiger partial charge on any atom is 0.279 e. The van der Waals surface area contributed by atoms with E-state index in [1.165, 1.54) is 16.8 Å². The smallest absolute Gasteiger partial charge is 0.279 e. The summed E-state index contributed by atoms with van der Waals surface area (Å²) in [6.07, 6.45) is 0. The molecule has 0 aliphatic carbocycles. The topological polar surface area (TPSA) is 80.9 Å². The first kappa shape index (κ1) is 16.3. The summed E-state index contributed by atoms with van der Waals surface area (Å²) in [5.74, 6) is 0. The Bertz CT molecular complexity index is 971. The van der Waals surface area contributed by atoms with E-state index in [-0.39, 0.29) is 32.4 Å². The van der Waals surface area contributed by atoms with Gasteiger partial charge in [-0.1, -0.05) is 41.4 Å². The van der Waals surface area contributed by atoms with Gasteiger partial charge in [-0.3, -0.25) is 20.0 Å². The number of hydrogen-bond donors (Lipinski definition) is 1. The number of nitrogens with zero attached hydrogens (tertiary/aromatic N) is 2. The van der Waals surface area contributed by atoms with Gasteiger partial charge >= 0.3 is 0 Å². The summed E-state index contributed by atoms with van der Waals surface area (Å²) in [7, 11) is 0. The fraction of sp³-hybridized carbons (Fsp3) is 0.0625. The molecule has 0 amide bonds. The minimum Gasteiger partial charge on any atom is -0.295 e. The number of H-pyrrole nitrogens is 1. The van der Waals surface area contributed by atoms with E-state index < -0.39 is 4.92 Å². The van der Waals surface area contributed by atoms with Crippen LogP contribution in [0.2, 0.25) is 10.0 Å². The average Bonchev–Trinajstić information content (AvgIpc) is 2.83. The SMILES string of the molecule is Cc1[nH]n(-c2ccccc2)c(=O)c1-c1c(Cl)cc([N+](=O)[O-])cc1Cl. The highest BCUT2D eigenvalue weighted by Crippen LogP contribution is 2.37. The van der Waals surface area contributed by atoms with Gasteiger partial charge in [0.1, 0.15) is 0 Å². The number of nitro benzene ring substituents is 1. The summed E-state index contributed by atoms with van der Waals surface area (Å²) in [6, 6.07) is 11.4. The molecule has 0 saturated heterocycles. The fourth-order valence-electron chi connectivity index (χ4n) is 2.50. The number of non-ortho nitro benzene ring substituents is 1. The Morgan fingerprint density at radius 3 is 2.21 bits per heavy atom. The lowest BCUT2D eigenvalue weighted by atomic mass is 10.1. The summed E-state index contributed by atoms with van der Waals surface area (Å²) in [4.78, 5) is 23.1. The van der Waals surface area contributed by atoms with Gasteiger partial charge in [-0.25, -0.2) is 4.68 Å². The van der Waals surface area contributed by atoms with Crippen molar-refractivity contribution < 1.29 is 4.92 Å². The lowest BCUT2D eigenvalue weighted by Gasteiger charge is -2.05. The maximum atomic E-state index is 12.8. The van der Waals surface area contributed by atoms with Crippen LogP contribution in [-0.2, 0) is 0 Å². The second-order valence-corrected chi connectivity index (χ2v) is 5.94. The Morgan fingerprint density at radius 1 is 1.08 bits per heavy atom. The highest BCUT2D eigenvalue weighted by molar-refractivity contribution is 6.39. The van der Waals surface area contributed by atoms with Gasteiger partial charge in [0.2, 0.25) is 0 Å². The van der Waals surface area contributed by atoms with Crippen molar-refractivity contribution in [3.8, 4) is 16.8 Å². The first-order chi connectivity index (χ1) is 11.4. The van der Waals surface area contributed by atoms with Crippen LogP contribution in [0.5, 0.6) is 0 Å². The van der Waals surface area contributed by atoms with Gasteiger partial charge < -0.3 is 0 Å². The number of aryl methyl sites for hydroxylation is 1. The standard InChI is InChI=1S/C16H11Cl2N3O3/c1-9-14(15-12(17)7-11(21(23)24)8-13(15)18)16(22)20(19-9)10-5-3-2-4-6-10/h2-8,19H,1H3. The molecule has 0 aliphatic heterocycles. The third kappa shape index (κ3) is 2.70. The van der Waals surface area contributed by atoms with E-state index in [2.05, 4.69) is 5.10 Å². The molecule has 0 saturated carbocycles. The molecule has 1 heterocycles. The second kappa shape index (κ2) is 6.14. The van der Waals surface area contributed by atoms with Gasteiger partial charge in [-0.15, -0.1) is 0 Å². The summed E-state index contributed by atoms with van der Waals surface area (Å²) in [6.45, 7) is 1.71. The quantitative estimate of drug-likeness (QED) is 0.554. The molecule has 1 aromatic heterocycles. The molecule has 0 aliphatic rings. The lowest BCUT2D eigenvalue weighted by Crippen LogP contribution is -2.15. The number of aromatic amines is 1. The second-order valence-electron chi connectivity index (χ2n) is 5.13. The summed E-state index contributed by atoms with van der Waals surface area (Å²) < 4.78 is 1.37. The number of aromatic nitrogens is 2. The van der Waals surface area contributed by atoms with Gasteiger partial charge in [0.05, 0.1) is 26.2 Å². The maximum absolute atomic E-state index is 12.8. The van der Waals surface area contributed by atoms with Crippen molar-refractivity contribution in [1.82, 2.24) is 9.78 Å². The van der Waals surface area contributed by atoms with E-state index in [0.717, 1.165) is 0 Å². The zero-order valence-electron chi connectivity index (χ0n) is 12.4. The van der Waals surface area contributed by atoms with Gasteiger partial charge in [0.25, 0.3) is 11.2 Å². The summed E-state index contributed by atoms with van der Waals surface area (Å²) >= 11 is 12.3. The number of benzene rings is 2. The Kier molecular flexibility index (Phi) is 4.17. The molecule has 2 aromatic carbocycles. The molecule has 8 heteroatoms. The van der Waals surface area contributed by atoms with E-state index in [1.54, 1.807) is 19.1 Å². The molecule has 0 unspecified atom stereocenters. The monoisotopic (exact) mass is 363 g/mol. The van der Waals surface area contributed by atoms with Crippen molar-refractivity contribution in [2.24, 2.45) is 0 Å². The van der Waals surface area contributed by atoms with Gasteiger partial charge in [-0.05, 0) is 19.1 Å². The van der Waals surface area contributed by atoms with Crippen LogP contribution in [0, 0.1) is 17.0 Å². The number of nitro groups is 1. The van der Waals surface area contributed by atoms with Crippen LogP contribution in [-0.4, -0.2) is 14.7 Å². The van der Waals surface area contributed by atoms with Crippen molar-refractivity contribution in [1.29, 1.82) is 0 Å². The third-order valence-electron chi connectivity index (χ3n) is 3.57. The van der Waals surface area contributed by atoms with Crippen LogP contribution in [0.25, 0.3) is 16.8 Å². The summed E-state index contributed by atoms with van der Waals surface area (Å²) in [5.41, 5.74) is 1.20. The first-order valence-corrected chi connectivity index (χ1v) is 7.66. The molecular formula is C16H11Cl2N3O3. The van der Waals surface area contributed by atoms with Crippen LogP contribution in [0.1, 0.15) is 5.69 Å². The molecule has 3 aromatic rings. The molecular weight excluding hydrogens is 353 g/mol. The first-order valence-electron chi connectivity index (χ1n) is 6.91. The molecule has 6 nitrogen and oxygen atoms in total. The molecule has 122 valence electrons. The molecule has 0 fully saturated rings. The van der Waals surface area contributed by atoms with Crippen molar-refractivity contribution in [2.45, 2.75) is 6.92 Å². The third-order valence-corrected chi connectivity index (χ3v) is 4.17.